The molecule has 0 aromatic heterocycles. The van der Waals surface area contributed by atoms with Crippen LogP contribution in [0.25, 0.3) is 0 Å². The number of nitrogens with zero attached hydrogens (tertiary/aromatic N) is 2. The Kier molecular flexibility index (Phi) is 5.64. The highest BCUT2D eigenvalue weighted by Gasteiger charge is 2.23. The molecule has 0 bridgehead atoms. The van der Waals surface area contributed by atoms with Crippen molar-refractivity contribution in [2.45, 2.75) is 38.3 Å². The van der Waals surface area contributed by atoms with Crippen LogP contribution in [0, 0.1) is 15.9 Å². The predicted molar refractivity (Wildman–Crippen MR) is 79.6 cm³/mol. The average Bonchev–Trinajstić information content (AvgIpc) is 2.46. The molecule has 1 aliphatic heterocycles. The van der Waals surface area contributed by atoms with Gasteiger partial charge in [0.2, 0.25) is 5.82 Å². The van der Waals surface area contributed by atoms with Crippen LogP contribution in [-0.2, 0) is 6.54 Å². The fourth-order valence-corrected chi connectivity index (χ4v) is 2.94. The highest BCUT2D eigenvalue weighted by Crippen LogP contribution is 2.24. The second-order valence-corrected chi connectivity index (χ2v) is 5.56. The van der Waals surface area contributed by atoms with E-state index in [1.807, 2.05) is 7.05 Å². The van der Waals surface area contributed by atoms with E-state index in [0.717, 1.165) is 37.9 Å². The van der Waals surface area contributed by atoms with Gasteiger partial charge in [0.05, 0.1) is 4.92 Å². The summed E-state index contributed by atoms with van der Waals surface area (Å²) in [5.74, 6) is -0.749. The fourth-order valence-electron chi connectivity index (χ4n) is 2.94. The van der Waals surface area contributed by atoms with Crippen molar-refractivity contribution >= 4 is 5.69 Å². The lowest BCUT2D eigenvalue weighted by atomic mass is 9.98. The van der Waals surface area contributed by atoms with Crippen molar-refractivity contribution in [1.82, 2.24) is 10.2 Å². The largest absolute Gasteiger partial charge is 0.320 e. The van der Waals surface area contributed by atoms with Crippen molar-refractivity contribution in [1.29, 1.82) is 0 Å². The smallest absolute Gasteiger partial charge is 0.304 e. The average molecular weight is 295 g/mol. The molecule has 1 aromatic carbocycles. The molecule has 1 N–H and O–H groups in total. The summed E-state index contributed by atoms with van der Waals surface area (Å²) in [6, 6.07) is 4.72. The summed E-state index contributed by atoms with van der Waals surface area (Å²) in [6.45, 7) is 2.63. The molecule has 1 aromatic rings. The van der Waals surface area contributed by atoms with Gasteiger partial charge in [-0.25, -0.2) is 0 Å². The SMILES string of the molecule is CNCCC1CCCCN1Cc1ccc([N+](=O)[O-])c(F)c1. The standard InChI is InChI=1S/C15H22FN3O2/c1-17-8-7-13-4-2-3-9-18(13)11-12-5-6-15(19(20)21)14(16)10-12/h5-6,10,13,17H,2-4,7-9,11H2,1H3. The second kappa shape index (κ2) is 7.47. The third-order valence-corrected chi connectivity index (χ3v) is 4.07. The Bertz CT molecular complexity index is 496. The minimum Gasteiger partial charge on any atom is -0.320 e. The second-order valence-electron chi connectivity index (χ2n) is 5.56. The topological polar surface area (TPSA) is 58.4 Å². The number of nitro benzene ring substituents is 1. The Balaban J connectivity index is 2.04. The van der Waals surface area contributed by atoms with E-state index in [9.17, 15) is 14.5 Å². The Morgan fingerprint density at radius 3 is 2.95 bits per heavy atom. The summed E-state index contributed by atoms with van der Waals surface area (Å²) in [4.78, 5) is 12.3. The zero-order valence-corrected chi connectivity index (χ0v) is 12.3. The van der Waals surface area contributed by atoms with E-state index in [4.69, 9.17) is 0 Å². The van der Waals surface area contributed by atoms with Gasteiger partial charge in [0.15, 0.2) is 0 Å². The van der Waals surface area contributed by atoms with Crippen LogP contribution >= 0.6 is 0 Å². The maximum atomic E-state index is 13.7. The Labute approximate surface area is 124 Å². The molecule has 5 nitrogen and oxygen atoms in total. The van der Waals surface area contributed by atoms with E-state index in [2.05, 4.69) is 10.2 Å². The number of hydrogen-bond acceptors (Lipinski definition) is 4. The molecule has 1 aliphatic rings. The summed E-state index contributed by atoms with van der Waals surface area (Å²) in [7, 11) is 1.94. The van der Waals surface area contributed by atoms with Gasteiger partial charge in [-0.05, 0) is 51.0 Å². The van der Waals surface area contributed by atoms with Gasteiger partial charge in [0.1, 0.15) is 0 Å². The normalized spacial score (nSPS) is 19.6. The van der Waals surface area contributed by atoms with Gasteiger partial charge in [-0.1, -0.05) is 12.5 Å². The number of hydrogen-bond donors (Lipinski definition) is 1. The molecule has 21 heavy (non-hydrogen) atoms. The van der Waals surface area contributed by atoms with Gasteiger partial charge < -0.3 is 5.32 Å². The maximum Gasteiger partial charge on any atom is 0.304 e. The van der Waals surface area contributed by atoms with Crippen molar-refractivity contribution in [3.8, 4) is 0 Å². The van der Waals surface area contributed by atoms with Gasteiger partial charge in [0, 0.05) is 18.7 Å². The fraction of sp³-hybridized carbons (Fsp3) is 0.600. The maximum absolute atomic E-state index is 13.7. The first kappa shape index (κ1) is 15.9. The van der Waals surface area contributed by atoms with Crippen LogP contribution in [0.1, 0.15) is 31.2 Å². The van der Waals surface area contributed by atoms with Crippen molar-refractivity contribution in [3.63, 3.8) is 0 Å². The minimum absolute atomic E-state index is 0.455. The quantitative estimate of drug-likeness (QED) is 0.647. The third kappa shape index (κ3) is 4.22. The lowest BCUT2D eigenvalue weighted by Gasteiger charge is -2.35. The molecule has 0 aliphatic carbocycles. The first-order chi connectivity index (χ1) is 10.1. The molecule has 1 saturated heterocycles. The number of rotatable bonds is 6. The molecule has 0 amide bonds. The zero-order chi connectivity index (χ0) is 15.2. The molecule has 1 heterocycles. The van der Waals surface area contributed by atoms with Crippen LogP contribution in [0.4, 0.5) is 10.1 Å². The molecule has 0 spiro atoms. The minimum atomic E-state index is -0.749. The van der Waals surface area contributed by atoms with Gasteiger partial charge in [-0.3, -0.25) is 15.0 Å². The lowest BCUT2D eigenvalue weighted by Crippen LogP contribution is -2.40. The van der Waals surface area contributed by atoms with Gasteiger partial charge in [0.25, 0.3) is 0 Å². The predicted octanol–water partition coefficient (Wildman–Crippen LogP) is 2.70. The summed E-state index contributed by atoms with van der Waals surface area (Å²) in [5, 5.41) is 13.8. The van der Waals surface area contributed by atoms with E-state index in [-0.39, 0.29) is 0 Å². The van der Waals surface area contributed by atoms with Crippen molar-refractivity contribution in [2.75, 3.05) is 20.1 Å². The number of piperidine rings is 1. The van der Waals surface area contributed by atoms with Gasteiger partial charge in [-0.2, -0.15) is 4.39 Å². The number of nitrogens with one attached hydrogen (secondary N) is 1. The van der Waals surface area contributed by atoms with E-state index in [1.165, 1.54) is 18.6 Å². The van der Waals surface area contributed by atoms with Gasteiger partial charge in [-0.15, -0.1) is 0 Å². The molecule has 1 atom stereocenters. The molecule has 116 valence electrons. The molecular formula is C15H22FN3O2. The monoisotopic (exact) mass is 295 g/mol. The van der Waals surface area contributed by atoms with Crippen LogP contribution in [0.3, 0.4) is 0 Å². The highest BCUT2D eigenvalue weighted by molar-refractivity contribution is 5.35. The molecule has 6 heteroatoms. The highest BCUT2D eigenvalue weighted by atomic mass is 19.1. The molecular weight excluding hydrogens is 273 g/mol. The molecule has 2 rings (SSSR count). The summed E-state index contributed by atoms with van der Waals surface area (Å²) in [5.41, 5.74) is 0.346. The van der Waals surface area contributed by atoms with Crippen LogP contribution in [0.2, 0.25) is 0 Å². The van der Waals surface area contributed by atoms with Crippen LogP contribution in [-0.4, -0.2) is 36.0 Å². The molecule has 1 unspecified atom stereocenters. The Morgan fingerprint density at radius 2 is 2.29 bits per heavy atom. The van der Waals surface area contributed by atoms with Crippen LogP contribution in [0.5, 0.6) is 0 Å². The summed E-state index contributed by atoms with van der Waals surface area (Å²) < 4.78 is 13.7. The van der Waals surface area contributed by atoms with Gasteiger partial charge >= 0.3 is 5.69 Å². The zero-order valence-electron chi connectivity index (χ0n) is 12.3. The van der Waals surface area contributed by atoms with Crippen LogP contribution in [0.15, 0.2) is 18.2 Å². The number of nitro groups is 1. The number of likely N-dealkylation sites (tertiary alicyclic amines) is 1. The van der Waals surface area contributed by atoms with E-state index in [1.54, 1.807) is 6.07 Å². The Morgan fingerprint density at radius 1 is 1.48 bits per heavy atom. The molecule has 0 saturated carbocycles. The van der Waals surface area contributed by atoms with E-state index < -0.39 is 16.4 Å². The molecule has 0 radical (unpaired) electrons. The van der Waals surface area contributed by atoms with Crippen molar-refractivity contribution in [3.05, 3.63) is 39.7 Å². The third-order valence-electron chi connectivity index (χ3n) is 4.07. The lowest BCUT2D eigenvalue weighted by molar-refractivity contribution is -0.387. The number of benzene rings is 1. The summed E-state index contributed by atoms with van der Waals surface area (Å²) in [6.07, 6.45) is 4.63. The van der Waals surface area contributed by atoms with Crippen molar-refractivity contribution < 1.29 is 9.31 Å². The van der Waals surface area contributed by atoms with E-state index >= 15 is 0 Å². The Hall–Kier alpha value is -1.53. The van der Waals surface area contributed by atoms with Crippen LogP contribution < -0.4 is 5.32 Å². The van der Waals surface area contributed by atoms with E-state index in [0.29, 0.717) is 12.6 Å². The first-order valence-electron chi connectivity index (χ1n) is 7.43. The van der Waals surface area contributed by atoms with Crippen molar-refractivity contribution in [2.24, 2.45) is 0 Å². The first-order valence-corrected chi connectivity index (χ1v) is 7.43. The number of halogens is 1. The molecule has 1 fully saturated rings. The summed E-state index contributed by atoms with van der Waals surface area (Å²) >= 11 is 0.